The molecule has 1 aromatic heterocycles. The first kappa shape index (κ1) is 16.1. The number of hydrogen-bond acceptors (Lipinski definition) is 3. The summed E-state index contributed by atoms with van der Waals surface area (Å²) in [5.41, 5.74) is 9.37. The maximum atomic E-state index is 11.6. The molecule has 1 amide bonds. The fraction of sp³-hybridized carbons (Fsp3) is 0.263. The lowest BCUT2D eigenvalue weighted by molar-refractivity contribution is 0.100. The van der Waals surface area contributed by atoms with Crippen LogP contribution in [0.1, 0.15) is 34.7 Å². The van der Waals surface area contributed by atoms with Crippen molar-refractivity contribution in [2.75, 3.05) is 13.1 Å². The van der Waals surface area contributed by atoms with Crippen molar-refractivity contribution in [1.82, 2.24) is 15.3 Å². The fourth-order valence-corrected chi connectivity index (χ4v) is 3.69. The van der Waals surface area contributed by atoms with E-state index in [1.54, 1.807) is 12.1 Å². The monoisotopic (exact) mass is 354 g/mol. The molecule has 0 saturated carbocycles. The molecule has 4 N–H and O–H groups in total. The average Bonchev–Trinajstić information content (AvgIpc) is 3.05. The molecule has 0 spiro atoms. The Kier molecular flexibility index (Phi) is 4.19. The van der Waals surface area contributed by atoms with E-state index in [9.17, 15) is 4.79 Å². The van der Waals surface area contributed by atoms with Gasteiger partial charge >= 0.3 is 0 Å². The van der Waals surface area contributed by atoms with Gasteiger partial charge < -0.3 is 16.0 Å². The Bertz CT molecular complexity index is 926. The first-order chi connectivity index (χ1) is 12.1. The summed E-state index contributed by atoms with van der Waals surface area (Å²) >= 11 is 6.07. The second kappa shape index (κ2) is 6.50. The highest BCUT2D eigenvalue weighted by Crippen LogP contribution is 2.29. The van der Waals surface area contributed by atoms with E-state index >= 15 is 0 Å². The summed E-state index contributed by atoms with van der Waals surface area (Å²) in [5, 5.41) is 3.85. The predicted molar refractivity (Wildman–Crippen MR) is 99.9 cm³/mol. The molecule has 5 nitrogen and oxygen atoms in total. The summed E-state index contributed by atoms with van der Waals surface area (Å²) in [6, 6.07) is 11.8. The van der Waals surface area contributed by atoms with Crippen molar-refractivity contribution in [3.8, 4) is 11.4 Å². The summed E-state index contributed by atoms with van der Waals surface area (Å²) in [7, 11) is 0. The summed E-state index contributed by atoms with van der Waals surface area (Å²) in [5.74, 6) is 0.787. The number of benzene rings is 2. The zero-order valence-corrected chi connectivity index (χ0v) is 14.4. The van der Waals surface area contributed by atoms with Gasteiger partial charge in [0.1, 0.15) is 11.3 Å². The van der Waals surface area contributed by atoms with Crippen LogP contribution < -0.4 is 11.1 Å². The number of carbonyl (C=O) groups excluding carboxylic acids is 1. The summed E-state index contributed by atoms with van der Waals surface area (Å²) in [6.07, 6.45) is 2.34. The Balaban J connectivity index is 1.69. The highest BCUT2D eigenvalue weighted by molar-refractivity contribution is 6.32. The van der Waals surface area contributed by atoms with Crippen LogP contribution in [0, 0.1) is 0 Å². The van der Waals surface area contributed by atoms with Crippen LogP contribution in [-0.4, -0.2) is 29.0 Å². The smallest absolute Gasteiger partial charge is 0.251 e. The summed E-state index contributed by atoms with van der Waals surface area (Å²) in [6.45, 7) is 2.15. The lowest BCUT2D eigenvalue weighted by atomic mass is 9.90. The molecule has 128 valence electrons. The van der Waals surface area contributed by atoms with Gasteiger partial charge in [0.15, 0.2) is 0 Å². The average molecular weight is 355 g/mol. The first-order valence-corrected chi connectivity index (χ1v) is 8.80. The van der Waals surface area contributed by atoms with Crippen molar-refractivity contribution < 1.29 is 4.79 Å². The van der Waals surface area contributed by atoms with E-state index in [1.807, 2.05) is 0 Å². The molecule has 1 fully saturated rings. The van der Waals surface area contributed by atoms with E-state index in [0.29, 0.717) is 33.4 Å². The Labute approximate surface area is 150 Å². The molecule has 0 atom stereocenters. The van der Waals surface area contributed by atoms with Crippen LogP contribution >= 0.6 is 11.6 Å². The first-order valence-electron chi connectivity index (χ1n) is 8.42. The van der Waals surface area contributed by atoms with Gasteiger partial charge in [-0.15, -0.1) is 0 Å². The van der Waals surface area contributed by atoms with Gasteiger partial charge in [-0.25, -0.2) is 4.98 Å². The Morgan fingerprint density at radius 3 is 2.56 bits per heavy atom. The molecule has 1 saturated heterocycles. The fourth-order valence-electron chi connectivity index (χ4n) is 3.48. The number of halogens is 1. The van der Waals surface area contributed by atoms with Gasteiger partial charge in [0.2, 0.25) is 0 Å². The van der Waals surface area contributed by atoms with E-state index in [0.717, 1.165) is 18.7 Å². The number of imidazole rings is 1. The van der Waals surface area contributed by atoms with Crippen LogP contribution in [-0.2, 0) is 0 Å². The molecule has 0 aliphatic carbocycles. The van der Waals surface area contributed by atoms with Crippen LogP contribution in [0.4, 0.5) is 0 Å². The van der Waals surface area contributed by atoms with E-state index in [1.165, 1.54) is 18.4 Å². The molecule has 6 heteroatoms. The zero-order valence-electron chi connectivity index (χ0n) is 13.7. The molecule has 1 aliphatic rings. The molecule has 2 heterocycles. The van der Waals surface area contributed by atoms with Crippen molar-refractivity contribution in [2.45, 2.75) is 18.8 Å². The molecule has 0 radical (unpaired) electrons. The van der Waals surface area contributed by atoms with E-state index in [4.69, 9.17) is 17.3 Å². The van der Waals surface area contributed by atoms with Crippen LogP contribution in [0.2, 0.25) is 5.02 Å². The van der Waals surface area contributed by atoms with Gasteiger partial charge in [0.05, 0.1) is 11.1 Å². The van der Waals surface area contributed by atoms with Crippen LogP contribution in [0.15, 0.2) is 36.4 Å². The molecular formula is C19H19ClN4O. The van der Waals surface area contributed by atoms with Crippen molar-refractivity contribution in [2.24, 2.45) is 5.73 Å². The lowest BCUT2D eigenvalue weighted by Crippen LogP contribution is -2.26. The van der Waals surface area contributed by atoms with Crippen molar-refractivity contribution in [3.05, 3.63) is 52.5 Å². The van der Waals surface area contributed by atoms with Gasteiger partial charge in [0, 0.05) is 10.6 Å². The highest BCUT2D eigenvalue weighted by atomic mass is 35.5. The maximum Gasteiger partial charge on any atom is 0.251 e. The third-order valence-electron chi connectivity index (χ3n) is 4.81. The minimum atomic E-state index is -0.535. The van der Waals surface area contributed by atoms with Gasteiger partial charge in [0.25, 0.3) is 5.91 Å². The van der Waals surface area contributed by atoms with E-state index in [2.05, 4.69) is 39.6 Å². The van der Waals surface area contributed by atoms with Crippen LogP contribution in [0.3, 0.4) is 0 Å². The number of primary amides is 1. The normalized spacial score (nSPS) is 15.6. The second-order valence-electron chi connectivity index (χ2n) is 6.45. The number of rotatable bonds is 3. The van der Waals surface area contributed by atoms with Crippen LogP contribution in [0.25, 0.3) is 22.4 Å². The number of aromatic amines is 1. The minimum absolute atomic E-state index is 0.330. The quantitative estimate of drug-likeness (QED) is 0.673. The number of nitrogens with zero attached hydrogens (tertiary/aromatic N) is 1. The number of hydrogen-bond donors (Lipinski definition) is 3. The number of nitrogens with two attached hydrogens (primary N) is 1. The lowest BCUT2D eigenvalue weighted by Gasteiger charge is -2.23. The van der Waals surface area contributed by atoms with Crippen molar-refractivity contribution in [3.63, 3.8) is 0 Å². The third kappa shape index (κ3) is 3.13. The second-order valence-corrected chi connectivity index (χ2v) is 6.88. The Hall–Kier alpha value is -2.37. The topological polar surface area (TPSA) is 83.8 Å². The summed E-state index contributed by atoms with van der Waals surface area (Å²) < 4.78 is 0. The van der Waals surface area contributed by atoms with Gasteiger partial charge in [-0.2, -0.15) is 0 Å². The SMILES string of the molecule is NC(=O)c1cc(Cl)cc2[nH]c(-c3ccc(C4CCNCC4)cc3)nc12. The Morgan fingerprint density at radius 2 is 1.88 bits per heavy atom. The Morgan fingerprint density at radius 1 is 1.16 bits per heavy atom. The molecule has 0 unspecified atom stereocenters. The molecule has 4 rings (SSSR count). The van der Waals surface area contributed by atoms with Gasteiger partial charge in [-0.3, -0.25) is 4.79 Å². The van der Waals surface area contributed by atoms with E-state index in [-0.39, 0.29) is 0 Å². The van der Waals surface area contributed by atoms with Crippen molar-refractivity contribution >= 4 is 28.5 Å². The van der Waals surface area contributed by atoms with Crippen molar-refractivity contribution in [1.29, 1.82) is 0 Å². The molecule has 0 bridgehead atoms. The molecule has 25 heavy (non-hydrogen) atoms. The number of H-pyrrole nitrogens is 1. The number of piperidine rings is 1. The standard InChI is InChI=1S/C19H19ClN4O/c20-14-9-15(18(21)25)17-16(10-14)23-19(24-17)13-3-1-11(2-4-13)12-5-7-22-8-6-12/h1-4,9-10,12,22H,5-8H2,(H2,21,25)(H,23,24). The molecule has 2 aromatic carbocycles. The number of amides is 1. The molecular weight excluding hydrogens is 336 g/mol. The van der Waals surface area contributed by atoms with E-state index < -0.39 is 5.91 Å². The minimum Gasteiger partial charge on any atom is -0.366 e. The maximum absolute atomic E-state index is 11.6. The zero-order chi connectivity index (χ0) is 17.4. The number of aromatic nitrogens is 2. The third-order valence-corrected chi connectivity index (χ3v) is 5.03. The predicted octanol–water partition coefficient (Wildman–Crippen LogP) is 3.45. The highest BCUT2D eigenvalue weighted by Gasteiger charge is 2.16. The summed E-state index contributed by atoms with van der Waals surface area (Å²) in [4.78, 5) is 19.4. The largest absolute Gasteiger partial charge is 0.366 e. The molecule has 1 aliphatic heterocycles. The number of fused-ring (bicyclic) bond motifs is 1. The molecule has 3 aromatic rings. The van der Waals surface area contributed by atoms with Gasteiger partial charge in [-0.05, 0) is 49.5 Å². The number of carbonyl (C=O) groups is 1. The number of nitrogens with one attached hydrogen (secondary N) is 2. The van der Waals surface area contributed by atoms with Crippen LogP contribution in [0.5, 0.6) is 0 Å². The van der Waals surface area contributed by atoms with Gasteiger partial charge in [-0.1, -0.05) is 35.9 Å².